The van der Waals surface area contributed by atoms with E-state index >= 15 is 0 Å². The van der Waals surface area contributed by atoms with Gasteiger partial charge in [0.1, 0.15) is 5.41 Å². The van der Waals surface area contributed by atoms with Crippen LogP contribution >= 0.6 is 0 Å². The number of hydrogen-bond donors (Lipinski definition) is 3. The Hall–Kier alpha value is -2.55. The standard InChI is InChI=1S/C17H22N4O2/c1-12(2)19-16(23)21-14-7-5-13(6-8-14)20-15(22)17(11-18)9-3-4-10-17/h5-8,12H,3-4,9-10H2,1-2H3,(H,20,22)(H2,19,21,23). The van der Waals surface area contributed by atoms with Gasteiger partial charge in [-0.3, -0.25) is 4.79 Å². The summed E-state index contributed by atoms with van der Waals surface area (Å²) in [5.41, 5.74) is 0.358. The first-order chi connectivity index (χ1) is 10.9. The Morgan fingerprint density at radius 1 is 1.09 bits per heavy atom. The number of amides is 3. The van der Waals surface area contributed by atoms with Crippen molar-refractivity contribution in [3.05, 3.63) is 24.3 Å². The third-order valence-electron chi connectivity index (χ3n) is 3.93. The molecule has 2 rings (SSSR count). The summed E-state index contributed by atoms with van der Waals surface area (Å²) in [6.45, 7) is 3.76. The van der Waals surface area contributed by atoms with Crippen LogP contribution in [0.25, 0.3) is 0 Å². The van der Waals surface area contributed by atoms with Gasteiger partial charge in [-0.15, -0.1) is 0 Å². The Bertz CT molecular complexity index is 610. The van der Waals surface area contributed by atoms with Crippen molar-refractivity contribution in [2.24, 2.45) is 5.41 Å². The number of rotatable bonds is 4. The number of anilines is 2. The maximum atomic E-state index is 12.3. The molecule has 0 aliphatic heterocycles. The average molecular weight is 314 g/mol. The van der Waals surface area contributed by atoms with E-state index in [0.29, 0.717) is 24.2 Å². The van der Waals surface area contributed by atoms with E-state index in [1.807, 2.05) is 13.8 Å². The number of carbonyl (C=O) groups excluding carboxylic acids is 2. The summed E-state index contributed by atoms with van der Waals surface area (Å²) >= 11 is 0. The second kappa shape index (κ2) is 7.14. The fourth-order valence-electron chi connectivity index (χ4n) is 2.69. The normalized spacial score (nSPS) is 15.7. The molecule has 0 heterocycles. The van der Waals surface area contributed by atoms with E-state index in [1.54, 1.807) is 24.3 Å². The molecule has 1 aromatic carbocycles. The zero-order valence-electron chi connectivity index (χ0n) is 13.5. The van der Waals surface area contributed by atoms with Crippen LogP contribution in [0.2, 0.25) is 0 Å². The van der Waals surface area contributed by atoms with Gasteiger partial charge < -0.3 is 16.0 Å². The molecular weight excluding hydrogens is 292 g/mol. The van der Waals surface area contributed by atoms with Gasteiger partial charge in [-0.05, 0) is 51.0 Å². The summed E-state index contributed by atoms with van der Waals surface area (Å²) in [5.74, 6) is -0.240. The molecule has 3 N–H and O–H groups in total. The third-order valence-corrected chi connectivity index (χ3v) is 3.93. The third kappa shape index (κ3) is 4.22. The minimum Gasteiger partial charge on any atom is -0.336 e. The minimum atomic E-state index is -0.895. The van der Waals surface area contributed by atoms with Crippen molar-refractivity contribution >= 4 is 23.3 Å². The molecule has 1 aliphatic carbocycles. The zero-order valence-corrected chi connectivity index (χ0v) is 13.5. The van der Waals surface area contributed by atoms with E-state index in [0.717, 1.165) is 12.8 Å². The molecule has 122 valence electrons. The molecule has 0 atom stereocenters. The highest BCUT2D eigenvalue weighted by molar-refractivity contribution is 5.97. The number of nitriles is 1. The summed E-state index contributed by atoms with van der Waals surface area (Å²) in [7, 11) is 0. The van der Waals surface area contributed by atoms with Crippen LogP contribution in [0.3, 0.4) is 0 Å². The molecule has 0 spiro atoms. The lowest BCUT2D eigenvalue weighted by Gasteiger charge is -2.19. The van der Waals surface area contributed by atoms with Gasteiger partial charge in [0.05, 0.1) is 6.07 Å². The molecule has 6 heteroatoms. The van der Waals surface area contributed by atoms with Crippen molar-refractivity contribution in [3.63, 3.8) is 0 Å². The fourth-order valence-corrected chi connectivity index (χ4v) is 2.69. The van der Waals surface area contributed by atoms with Gasteiger partial charge >= 0.3 is 6.03 Å². The van der Waals surface area contributed by atoms with Crippen LogP contribution in [-0.4, -0.2) is 18.0 Å². The minimum absolute atomic E-state index is 0.0575. The summed E-state index contributed by atoms with van der Waals surface area (Å²) in [6, 6.07) is 8.81. The van der Waals surface area contributed by atoms with Gasteiger partial charge in [-0.2, -0.15) is 5.26 Å². The highest BCUT2D eigenvalue weighted by Crippen LogP contribution is 2.38. The van der Waals surface area contributed by atoms with E-state index < -0.39 is 5.41 Å². The van der Waals surface area contributed by atoms with E-state index in [4.69, 9.17) is 0 Å². The van der Waals surface area contributed by atoms with Gasteiger partial charge in [-0.1, -0.05) is 12.8 Å². The summed E-state index contributed by atoms with van der Waals surface area (Å²) in [6.07, 6.45) is 3.05. The topological polar surface area (TPSA) is 94.0 Å². The number of hydrogen-bond acceptors (Lipinski definition) is 3. The first kappa shape index (κ1) is 16.8. The van der Waals surface area contributed by atoms with Crippen molar-refractivity contribution in [2.75, 3.05) is 10.6 Å². The predicted octanol–water partition coefficient (Wildman–Crippen LogP) is 3.24. The van der Waals surface area contributed by atoms with Crippen molar-refractivity contribution in [3.8, 4) is 6.07 Å². The molecule has 1 aromatic rings. The summed E-state index contributed by atoms with van der Waals surface area (Å²) < 4.78 is 0. The Morgan fingerprint density at radius 3 is 2.09 bits per heavy atom. The number of benzene rings is 1. The zero-order chi connectivity index (χ0) is 16.9. The molecule has 0 aromatic heterocycles. The molecule has 23 heavy (non-hydrogen) atoms. The van der Waals surface area contributed by atoms with E-state index in [2.05, 4.69) is 22.0 Å². The second-order valence-electron chi connectivity index (χ2n) is 6.19. The van der Waals surface area contributed by atoms with Gasteiger partial charge in [0.2, 0.25) is 5.91 Å². The van der Waals surface area contributed by atoms with Crippen molar-refractivity contribution < 1.29 is 9.59 Å². The number of urea groups is 1. The second-order valence-corrected chi connectivity index (χ2v) is 6.19. The van der Waals surface area contributed by atoms with Crippen LogP contribution in [0.5, 0.6) is 0 Å². The van der Waals surface area contributed by atoms with Crippen LogP contribution in [0.4, 0.5) is 16.2 Å². The molecule has 0 radical (unpaired) electrons. The number of carbonyl (C=O) groups is 2. The molecule has 1 saturated carbocycles. The SMILES string of the molecule is CC(C)NC(=O)Nc1ccc(NC(=O)C2(C#N)CCCC2)cc1. The Kier molecular flexibility index (Phi) is 5.22. The van der Waals surface area contributed by atoms with E-state index in [9.17, 15) is 14.9 Å². The monoisotopic (exact) mass is 314 g/mol. The first-order valence-corrected chi connectivity index (χ1v) is 7.85. The van der Waals surface area contributed by atoms with Crippen LogP contribution in [-0.2, 0) is 4.79 Å². The van der Waals surface area contributed by atoms with Crippen molar-refractivity contribution in [1.82, 2.24) is 5.32 Å². The number of nitrogens with one attached hydrogen (secondary N) is 3. The van der Waals surface area contributed by atoms with Crippen LogP contribution < -0.4 is 16.0 Å². The molecule has 0 unspecified atom stereocenters. The van der Waals surface area contributed by atoms with Crippen molar-refractivity contribution in [1.29, 1.82) is 5.26 Å². The van der Waals surface area contributed by atoms with Crippen LogP contribution in [0.1, 0.15) is 39.5 Å². The van der Waals surface area contributed by atoms with Crippen LogP contribution in [0, 0.1) is 16.7 Å². The molecule has 1 fully saturated rings. The lowest BCUT2D eigenvalue weighted by atomic mass is 9.87. The fraction of sp³-hybridized carbons (Fsp3) is 0.471. The Labute approximate surface area is 136 Å². The molecule has 6 nitrogen and oxygen atoms in total. The van der Waals surface area contributed by atoms with Crippen LogP contribution in [0.15, 0.2) is 24.3 Å². The van der Waals surface area contributed by atoms with Gasteiger partial charge in [0.15, 0.2) is 0 Å². The highest BCUT2D eigenvalue weighted by atomic mass is 16.2. The van der Waals surface area contributed by atoms with Gasteiger partial charge in [-0.25, -0.2) is 4.79 Å². The van der Waals surface area contributed by atoms with E-state index in [1.165, 1.54) is 0 Å². The maximum Gasteiger partial charge on any atom is 0.319 e. The summed E-state index contributed by atoms with van der Waals surface area (Å²) in [4.78, 5) is 24.0. The predicted molar refractivity (Wildman–Crippen MR) is 88.9 cm³/mol. The smallest absolute Gasteiger partial charge is 0.319 e. The first-order valence-electron chi connectivity index (χ1n) is 7.85. The Balaban J connectivity index is 1.96. The highest BCUT2D eigenvalue weighted by Gasteiger charge is 2.41. The van der Waals surface area contributed by atoms with Gasteiger partial charge in [0.25, 0.3) is 0 Å². The lowest BCUT2D eigenvalue weighted by Crippen LogP contribution is -2.34. The van der Waals surface area contributed by atoms with E-state index in [-0.39, 0.29) is 18.0 Å². The quantitative estimate of drug-likeness (QED) is 0.796. The lowest BCUT2D eigenvalue weighted by molar-refractivity contribution is -0.122. The number of nitrogens with zero attached hydrogens (tertiary/aromatic N) is 1. The molecule has 1 aliphatic rings. The van der Waals surface area contributed by atoms with Gasteiger partial charge in [0, 0.05) is 17.4 Å². The Morgan fingerprint density at radius 2 is 1.61 bits per heavy atom. The van der Waals surface area contributed by atoms with Crippen molar-refractivity contribution in [2.45, 2.75) is 45.6 Å². The molecule has 3 amide bonds. The molecular formula is C17H22N4O2. The average Bonchev–Trinajstić information content (AvgIpc) is 2.98. The maximum absolute atomic E-state index is 12.3. The largest absolute Gasteiger partial charge is 0.336 e. The summed E-state index contributed by atoms with van der Waals surface area (Å²) in [5, 5.41) is 17.6. The molecule has 0 bridgehead atoms. The molecule has 0 saturated heterocycles.